The first-order chi connectivity index (χ1) is 17.8. The number of halogens is 1. The first-order valence-electron chi connectivity index (χ1n) is 11.7. The van der Waals surface area contributed by atoms with Crippen LogP contribution in [0.15, 0.2) is 83.8 Å². The van der Waals surface area contributed by atoms with Crippen molar-refractivity contribution in [1.29, 1.82) is 5.41 Å². The lowest BCUT2D eigenvalue weighted by atomic mass is 9.98. The first kappa shape index (κ1) is 27.6. The van der Waals surface area contributed by atoms with E-state index in [0.29, 0.717) is 6.42 Å². The molecule has 1 unspecified atom stereocenters. The number of benzene rings is 2. The Hall–Kier alpha value is -3.98. The van der Waals surface area contributed by atoms with Crippen LogP contribution in [0.2, 0.25) is 0 Å². The molecule has 3 rings (SSSR count). The number of carbonyl (C=O) groups is 2. The van der Waals surface area contributed by atoms with E-state index in [1.165, 1.54) is 18.2 Å². The number of pyridine rings is 1. The topological polar surface area (TPSA) is 142 Å². The van der Waals surface area contributed by atoms with Crippen LogP contribution < -0.4 is 27.0 Å². The third-order valence-electron chi connectivity index (χ3n) is 5.61. The third-order valence-corrected chi connectivity index (χ3v) is 6.15. The smallest absolute Gasteiger partial charge is 0.264 e. The summed E-state index contributed by atoms with van der Waals surface area (Å²) in [6.07, 6.45) is 2.17. The van der Waals surface area contributed by atoms with E-state index in [9.17, 15) is 18.6 Å². The summed E-state index contributed by atoms with van der Waals surface area (Å²) in [5, 5.41) is 15.1. The van der Waals surface area contributed by atoms with Gasteiger partial charge in [0.25, 0.3) is 11.5 Å². The van der Waals surface area contributed by atoms with Gasteiger partial charge in [0.05, 0.1) is 6.04 Å². The number of nitrogens with two attached hydrogens (primary N) is 1. The van der Waals surface area contributed by atoms with Crippen LogP contribution in [0.1, 0.15) is 40.4 Å². The van der Waals surface area contributed by atoms with Crippen LogP contribution in [0.3, 0.4) is 0 Å². The highest BCUT2D eigenvalue weighted by Crippen LogP contribution is 2.25. The molecule has 0 saturated heterocycles. The number of hydrogen-bond donors (Lipinski definition) is 5. The minimum Gasteiger partial charge on any atom is -0.368 e. The summed E-state index contributed by atoms with van der Waals surface area (Å²) in [5.74, 6) is -1.61. The van der Waals surface area contributed by atoms with Gasteiger partial charge in [-0.3, -0.25) is 19.8 Å². The molecule has 2 aromatic carbocycles. The van der Waals surface area contributed by atoms with Gasteiger partial charge in [0.2, 0.25) is 13.5 Å². The number of amides is 2. The molecule has 0 aliphatic rings. The molecular weight excluding hydrogens is 493 g/mol. The molecule has 0 radical (unpaired) electrons. The molecule has 1 aromatic heterocycles. The van der Waals surface area contributed by atoms with Crippen LogP contribution in [0.4, 0.5) is 4.20 Å². The zero-order valence-corrected chi connectivity index (χ0v) is 21.3. The second-order valence-electron chi connectivity index (χ2n) is 8.32. The molecule has 2 amide bonds. The van der Waals surface area contributed by atoms with Crippen LogP contribution in [-0.2, 0) is 4.79 Å². The molecule has 37 heavy (non-hydrogen) atoms. The molecule has 0 saturated carbocycles. The van der Waals surface area contributed by atoms with Gasteiger partial charge in [0.15, 0.2) is 5.96 Å². The number of guanidine groups is 1. The minimum absolute atomic E-state index is 0.117. The Balaban J connectivity index is 1.78. The van der Waals surface area contributed by atoms with E-state index in [0.717, 1.165) is 11.1 Å². The van der Waals surface area contributed by atoms with Gasteiger partial charge < -0.3 is 26.0 Å². The van der Waals surface area contributed by atoms with Gasteiger partial charge in [-0.1, -0.05) is 60.7 Å². The minimum atomic E-state index is -1.96. The van der Waals surface area contributed by atoms with Gasteiger partial charge in [0.1, 0.15) is 19.9 Å². The maximum absolute atomic E-state index is 13.5. The van der Waals surface area contributed by atoms with Crippen molar-refractivity contribution in [2.75, 3.05) is 6.54 Å². The molecule has 3 aromatic rings. The van der Waals surface area contributed by atoms with Gasteiger partial charge in [-0.2, -0.15) is 0 Å². The van der Waals surface area contributed by atoms with Crippen LogP contribution >= 0.6 is 8.26 Å². The van der Waals surface area contributed by atoms with E-state index in [4.69, 9.17) is 11.1 Å². The fourth-order valence-electron chi connectivity index (χ4n) is 3.91. The number of nitrogens with one attached hydrogen (secondary N) is 4. The van der Waals surface area contributed by atoms with E-state index in [2.05, 4.69) is 15.7 Å². The third kappa shape index (κ3) is 7.75. The molecule has 0 bridgehead atoms. The van der Waals surface area contributed by atoms with Crippen molar-refractivity contribution in [3.05, 3.63) is 106 Å². The zero-order chi connectivity index (χ0) is 26.8. The Bertz CT molecular complexity index is 1240. The summed E-state index contributed by atoms with van der Waals surface area (Å²) >= 11 is 0. The molecule has 12 heteroatoms. The normalized spacial score (nSPS) is 12.4. The molecular formula is C25H29BFN6O3P. The van der Waals surface area contributed by atoms with Crippen molar-refractivity contribution in [3.8, 4) is 0 Å². The summed E-state index contributed by atoms with van der Waals surface area (Å²) in [6.45, 7) is 0.266. The predicted molar refractivity (Wildman–Crippen MR) is 146 cm³/mol. The van der Waals surface area contributed by atoms with Gasteiger partial charge in [-0.25, -0.2) is 4.20 Å². The molecule has 192 valence electrons. The number of carbonyl (C=O) groups excluding carboxylic acids is 2. The summed E-state index contributed by atoms with van der Waals surface area (Å²) in [6, 6.07) is 20.5. The highest BCUT2D eigenvalue weighted by Gasteiger charge is 2.23. The lowest BCUT2D eigenvalue weighted by Gasteiger charge is -2.22. The van der Waals surface area contributed by atoms with Crippen molar-refractivity contribution >= 4 is 33.6 Å². The molecule has 6 N–H and O–H groups in total. The summed E-state index contributed by atoms with van der Waals surface area (Å²) in [4.78, 5) is 38.5. The van der Waals surface area contributed by atoms with E-state index in [1.807, 2.05) is 60.7 Å². The average molecular weight is 522 g/mol. The number of aromatic nitrogens is 1. The number of rotatable bonds is 11. The Morgan fingerprint density at radius 2 is 1.62 bits per heavy atom. The average Bonchev–Trinajstić information content (AvgIpc) is 2.87. The van der Waals surface area contributed by atoms with Gasteiger partial charge in [-0.15, -0.1) is 0 Å². The Morgan fingerprint density at radius 3 is 2.16 bits per heavy atom. The molecule has 0 fully saturated rings. The van der Waals surface area contributed by atoms with E-state index in [1.54, 1.807) is 12.3 Å². The molecule has 2 atom stereocenters. The van der Waals surface area contributed by atoms with Gasteiger partial charge >= 0.3 is 0 Å². The van der Waals surface area contributed by atoms with Crippen LogP contribution in [0.5, 0.6) is 0 Å². The Labute approximate surface area is 216 Å². The fraction of sp³-hybridized carbons (Fsp3) is 0.200. The number of primary amides is 1. The highest BCUT2D eigenvalue weighted by molar-refractivity contribution is 7.76. The maximum atomic E-state index is 13.5. The number of hydrogen-bond acceptors (Lipinski definition) is 4. The van der Waals surface area contributed by atoms with Crippen molar-refractivity contribution in [1.82, 2.24) is 20.3 Å². The molecule has 0 aliphatic carbocycles. The van der Waals surface area contributed by atoms with E-state index >= 15 is 0 Å². The summed E-state index contributed by atoms with van der Waals surface area (Å²) < 4.78 is 14.4. The standard InChI is InChI=1S/C25H29BFN6O3P/c26-37(27)32-25(29)30-15-7-14-20(22(28)34)31-23(35)19-13-8-16-33(24(19)36)21(17-9-3-1-4-10-17)18-11-5-2-6-12-18/h1-6,8-13,16,20-21H,7,14-15,26H2,(H2,28,34)(H,31,35)(H3,29,30,32)/t20-,37?/m0/s1. The summed E-state index contributed by atoms with van der Waals surface area (Å²) in [7, 11) is -0.638. The fourth-order valence-corrected chi connectivity index (χ4v) is 4.29. The second kappa shape index (κ2) is 13.4. The quantitative estimate of drug-likeness (QED) is 0.0859. The first-order valence-corrected chi connectivity index (χ1v) is 13.4. The zero-order valence-electron chi connectivity index (χ0n) is 20.4. The summed E-state index contributed by atoms with van der Waals surface area (Å²) in [5.41, 5.74) is 6.60. The van der Waals surface area contributed by atoms with Crippen LogP contribution in [-0.4, -0.2) is 42.5 Å². The molecule has 0 aliphatic heterocycles. The van der Waals surface area contributed by atoms with Crippen LogP contribution in [0, 0.1) is 5.41 Å². The number of nitrogens with zero attached hydrogens (tertiary/aromatic N) is 1. The maximum Gasteiger partial charge on any atom is 0.264 e. The monoisotopic (exact) mass is 522 g/mol. The van der Waals surface area contributed by atoms with E-state index < -0.39 is 37.7 Å². The van der Waals surface area contributed by atoms with Crippen molar-refractivity contribution < 1.29 is 13.8 Å². The SMILES string of the molecule is BP(F)NC(=N)NCCC[C@H](NC(=O)c1cccn(C(c2ccccc2)c2ccccc2)c1=O)C(N)=O. The highest BCUT2D eigenvalue weighted by atomic mass is 31.2. The predicted octanol–water partition coefficient (Wildman–Crippen LogP) is 1.79. The van der Waals surface area contributed by atoms with Crippen molar-refractivity contribution in [3.63, 3.8) is 0 Å². The van der Waals surface area contributed by atoms with Crippen molar-refractivity contribution in [2.45, 2.75) is 24.9 Å². The molecule has 9 nitrogen and oxygen atoms in total. The van der Waals surface area contributed by atoms with Gasteiger partial charge in [-0.05, 0) is 36.1 Å². The second-order valence-corrected chi connectivity index (χ2v) is 9.50. The Morgan fingerprint density at radius 1 is 1.03 bits per heavy atom. The molecule has 1 heterocycles. The van der Waals surface area contributed by atoms with E-state index in [-0.39, 0.29) is 24.5 Å². The van der Waals surface area contributed by atoms with Crippen molar-refractivity contribution in [2.24, 2.45) is 5.73 Å². The molecule has 0 spiro atoms. The Kier molecular flexibility index (Phi) is 9.97. The van der Waals surface area contributed by atoms with Crippen LogP contribution in [0.25, 0.3) is 0 Å². The lowest BCUT2D eigenvalue weighted by Crippen LogP contribution is -2.46. The van der Waals surface area contributed by atoms with Gasteiger partial charge in [0, 0.05) is 12.7 Å². The largest absolute Gasteiger partial charge is 0.368 e. The lowest BCUT2D eigenvalue weighted by molar-refractivity contribution is -0.120.